The zero-order valence-electron chi connectivity index (χ0n) is 8.36. The van der Waals surface area contributed by atoms with Gasteiger partial charge in [-0.2, -0.15) is 0 Å². The molecular weight excluding hydrogens is 215 g/mol. The standard InChI is InChI=1S/C4H11O3P.C2H6O2S/c1-3-6-8(5)7-4-2;1-5(2,3)4/h8H,3-4H2,1-2H3;1-2H3. The number of hydrogen-bond donors (Lipinski definition) is 0. The van der Waals surface area contributed by atoms with Crippen molar-refractivity contribution in [3.05, 3.63) is 0 Å². The fourth-order valence-electron chi connectivity index (χ4n) is 0.277. The number of rotatable bonds is 4. The molecule has 0 aliphatic carbocycles. The minimum atomic E-state index is -2.67. The van der Waals surface area contributed by atoms with Crippen LogP contribution in [-0.2, 0) is 23.4 Å². The smallest absolute Gasteiger partial charge is 0.311 e. The summed E-state index contributed by atoms with van der Waals surface area (Å²) >= 11 is 0. The lowest BCUT2D eigenvalue weighted by molar-refractivity contribution is 0.243. The Hall–Kier alpha value is 0.100. The molecular formula is C6H17O5PS. The summed E-state index contributed by atoms with van der Waals surface area (Å²) in [6.45, 7) is 4.47. The van der Waals surface area contributed by atoms with Gasteiger partial charge in [-0.25, -0.2) is 8.42 Å². The predicted molar refractivity (Wildman–Crippen MR) is 53.0 cm³/mol. The fraction of sp³-hybridized carbons (Fsp3) is 1.00. The van der Waals surface area contributed by atoms with Gasteiger partial charge in [0.1, 0.15) is 9.84 Å². The third kappa shape index (κ3) is 33.2. The molecule has 0 rings (SSSR count). The van der Waals surface area contributed by atoms with Crippen LogP contribution in [0.3, 0.4) is 0 Å². The second-order valence-corrected chi connectivity index (χ2v) is 5.62. The molecule has 0 radical (unpaired) electrons. The Bertz CT molecular complexity index is 207. The summed E-state index contributed by atoms with van der Waals surface area (Å²) < 4.78 is 38.9. The highest BCUT2D eigenvalue weighted by Crippen LogP contribution is 2.21. The molecule has 0 bridgehead atoms. The highest BCUT2D eigenvalue weighted by molar-refractivity contribution is 7.89. The summed E-state index contributed by atoms with van der Waals surface area (Å²) in [7, 11) is -4.81. The van der Waals surface area contributed by atoms with Crippen LogP contribution in [0.1, 0.15) is 13.8 Å². The third-order valence-electron chi connectivity index (χ3n) is 0.524. The van der Waals surface area contributed by atoms with Crippen molar-refractivity contribution in [1.29, 1.82) is 0 Å². The monoisotopic (exact) mass is 232 g/mol. The van der Waals surface area contributed by atoms with Crippen molar-refractivity contribution < 1.29 is 22.0 Å². The summed E-state index contributed by atoms with van der Waals surface area (Å²) in [4.78, 5) is 0. The van der Waals surface area contributed by atoms with Gasteiger partial charge in [-0.1, -0.05) is 0 Å². The first-order valence-corrected chi connectivity index (χ1v) is 7.28. The maximum absolute atomic E-state index is 10.4. The molecule has 0 fully saturated rings. The maximum Gasteiger partial charge on any atom is 0.319 e. The van der Waals surface area contributed by atoms with Crippen LogP contribution >= 0.6 is 8.25 Å². The Balaban J connectivity index is 0. The lowest BCUT2D eigenvalue weighted by atomic mass is 10.9. The summed E-state index contributed by atoms with van der Waals surface area (Å²) in [5.74, 6) is 0. The van der Waals surface area contributed by atoms with Crippen molar-refractivity contribution >= 4 is 18.1 Å². The van der Waals surface area contributed by atoms with Crippen molar-refractivity contribution in [2.24, 2.45) is 0 Å². The summed E-state index contributed by atoms with van der Waals surface area (Å²) in [5.41, 5.74) is 0. The van der Waals surface area contributed by atoms with Crippen molar-refractivity contribution in [3.8, 4) is 0 Å². The molecule has 0 aromatic carbocycles. The minimum Gasteiger partial charge on any atom is -0.311 e. The second kappa shape index (κ2) is 8.69. The SMILES string of the molecule is CCO[PH](=O)OCC.CS(C)(=O)=O. The molecule has 0 aromatic heterocycles. The van der Waals surface area contributed by atoms with Gasteiger partial charge in [-0.05, 0) is 13.8 Å². The molecule has 0 atom stereocenters. The fourth-order valence-corrected chi connectivity index (χ4v) is 0.832. The molecule has 0 aliphatic rings. The average Bonchev–Trinajstić information content (AvgIpc) is 1.84. The topological polar surface area (TPSA) is 69.7 Å². The van der Waals surface area contributed by atoms with Crippen molar-refractivity contribution in [1.82, 2.24) is 0 Å². The molecule has 0 heterocycles. The van der Waals surface area contributed by atoms with E-state index in [4.69, 9.17) is 0 Å². The summed E-state index contributed by atoms with van der Waals surface area (Å²) in [5, 5.41) is 0. The van der Waals surface area contributed by atoms with Gasteiger partial charge >= 0.3 is 8.25 Å². The molecule has 0 saturated heterocycles. The highest BCUT2D eigenvalue weighted by Gasteiger charge is 1.91. The van der Waals surface area contributed by atoms with Gasteiger partial charge in [0.05, 0.1) is 13.2 Å². The quantitative estimate of drug-likeness (QED) is 0.679. The van der Waals surface area contributed by atoms with Crippen molar-refractivity contribution in [2.75, 3.05) is 25.7 Å². The Morgan fingerprint density at radius 2 is 1.31 bits per heavy atom. The van der Waals surface area contributed by atoms with E-state index in [0.717, 1.165) is 12.5 Å². The first-order valence-electron chi connectivity index (χ1n) is 3.75. The van der Waals surface area contributed by atoms with E-state index in [9.17, 15) is 13.0 Å². The van der Waals surface area contributed by atoms with Gasteiger partial charge in [-0.3, -0.25) is 4.57 Å². The van der Waals surface area contributed by atoms with Gasteiger partial charge in [-0.15, -0.1) is 0 Å². The normalized spacial score (nSPS) is 10.8. The predicted octanol–water partition coefficient (Wildman–Crippen LogP) is 1.11. The van der Waals surface area contributed by atoms with Gasteiger partial charge < -0.3 is 9.05 Å². The van der Waals surface area contributed by atoms with Gasteiger partial charge in [0, 0.05) is 12.5 Å². The van der Waals surface area contributed by atoms with E-state index >= 15 is 0 Å². The number of sulfone groups is 1. The van der Waals surface area contributed by atoms with Crippen molar-refractivity contribution in [3.63, 3.8) is 0 Å². The minimum absolute atomic E-state index is 0.456. The van der Waals surface area contributed by atoms with E-state index in [2.05, 4.69) is 9.05 Å². The molecule has 0 aromatic rings. The van der Waals surface area contributed by atoms with Crippen molar-refractivity contribution in [2.45, 2.75) is 13.8 Å². The third-order valence-corrected chi connectivity index (χ3v) is 1.57. The van der Waals surface area contributed by atoms with Crippen LogP contribution in [0.25, 0.3) is 0 Å². The highest BCUT2D eigenvalue weighted by atomic mass is 32.2. The van der Waals surface area contributed by atoms with Gasteiger partial charge in [0.2, 0.25) is 0 Å². The molecule has 82 valence electrons. The molecule has 0 amide bonds. The van der Waals surface area contributed by atoms with Crippen LogP contribution in [0.15, 0.2) is 0 Å². The van der Waals surface area contributed by atoms with Crippen LogP contribution in [0.5, 0.6) is 0 Å². The van der Waals surface area contributed by atoms with Crippen LogP contribution < -0.4 is 0 Å². The molecule has 13 heavy (non-hydrogen) atoms. The van der Waals surface area contributed by atoms with E-state index in [-0.39, 0.29) is 0 Å². The first-order chi connectivity index (χ1) is 5.81. The Morgan fingerprint density at radius 3 is 1.46 bits per heavy atom. The van der Waals surface area contributed by atoms with E-state index in [1.54, 1.807) is 13.8 Å². The molecule has 0 saturated carbocycles. The molecule has 0 unspecified atom stereocenters. The average molecular weight is 232 g/mol. The molecule has 7 heteroatoms. The lowest BCUT2D eigenvalue weighted by Crippen LogP contribution is -1.86. The van der Waals surface area contributed by atoms with Crippen LogP contribution in [0, 0.1) is 0 Å². The Kier molecular flexibility index (Phi) is 10.4. The zero-order valence-corrected chi connectivity index (χ0v) is 10.2. The van der Waals surface area contributed by atoms with E-state index < -0.39 is 18.1 Å². The van der Waals surface area contributed by atoms with Crippen LogP contribution in [0.4, 0.5) is 0 Å². The molecule has 0 spiro atoms. The largest absolute Gasteiger partial charge is 0.319 e. The van der Waals surface area contributed by atoms with Gasteiger partial charge in [0.15, 0.2) is 0 Å². The van der Waals surface area contributed by atoms with E-state index in [0.29, 0.717) is 13.2 Å². The summed E-state index contributed by atoms with van der Waals surface area (Å²) in [6.07, 6.45) is 2.32. The Morgan fingerprint density at radius 1 is 1.08 bits per heavy atom. The van der Waals surface area contributed by atoms with E-state index in [1.807, 2.05) is 0 Å². The van der Waals surface area contributed by atoms with Crippen LogP contribution in [-0.4, -0.2) is 34.1 Å². The number of hydrogen-bond acceptors (Lipinski definition) is 5. The first kappa shape index (κ1) is 15.6. The lowest BCUT2D eigenvalue weighted by Gasteiger charge is -1.97. The maximum atomic E-state index is 10.4. The molecule has 5 nitrogen and oxygen atoms in total. The van der Waals surface area contributed by atoms with Crippen LogP contribution in [0.2, 0.25) is 0 Å². The second-order valence-electron chi connectivity index (χ2n) is 2.26. The molecule has 0 aliphatic heterocycles. The Labute approximate surface area is 80.3 Å². The zero-order chi connectivity index (χ0) is 10.9. The van der Waals surface area contributed by atoms with E-state index in [1.165, 1.54) is 0 Å². The molecule has 0 N–H and O–H groups in total. The summed E-state index contributed by atoms with van der Waals surface area (Å²) in [6, 6.07) is 0. The van der Waals surface area contributed by atoms with Gasteiger partial charge in [0.25, 0.3) is 0 Å².